The second kappa shape index (κ2) is 7.30. The van der Waals surface area contributed by atoms with E-state index in [0.717, 1.165) is 0 Å². The van der Waals surface area contributed by atoms with E-state index in [0.29, 0.717) is 26.3 Å². The van der Waals surface area contributed by atoms with Gasteiger partial charge in [0.05, 0.1) is 31.9 Å². The zero-order valence-corrected chi connectivity index (χ0v) is 10.8. The Labute approximate surface area is 106 Å². The molecule has 2 unspecified atom stereocenters. The van der Waals surface area contributed by atoms with Gasteiger partial charge < -0.3 is 15.2 Å². The molecule has 3 N–H and O–H groups in total. The van der Waals surface area contributed by atoms with Crippen molar-refractivity contribution in [2.24, 2.45) is 0 Å². The van der Waals surface area contributed by atoms with E-state index in [2.05, 4.69) is 10.6 Å². The first-order chi connectivity index (χ1) is 8.60. The lowest BCUT2D eigenvalue weighted by Crippen LogP contribution is -2.57. The van der Waals surface area contributed by atoms with E-state index in [9.17, 15) is 14.7 Å². The summed E-state index contributed by atoms with van der Waals surface area (Å²) in [4.78, 5) is 25.0. The van der Waals surface area contributed by atoms with E-state index < -0.39 is 12.1 Å². The summed E-state index contributed by atoms with van der Waals surface area (Å²) in [5.74, 6) is -0.374. The van der Waals surface area contributed by atoms with Crippen molar-refractivity contribution in [2.45, 2.75) is 25.9 Å². The molecule has 0 bridgehead atoms. The maximum absolute atomic E-state index is 11.9. The Hall–Kier alpha value is -1.18. The molecule has 1 aliphatic heterocycles. The van der Waals surface area contributed by atoms with Gasteiger partial charge in [-0.25, -0.2) is 4.79 Å². The Morgan fingerprint density at radius 2 is 2.28 bits per heavy atom. The molecule has 0 aromatic carbocycles. The highest BCUT2D eigenvalue weighted by molar-refractivity contribution is 5.96. The van der Waals surface area contributed by atoms with E-state index in [1.54, 1.807) is 13.8 Å². The van der Waals surface area contributed by atoms with Crippen LogP contribution in [0, 0.1) is 0 Å². The fraction of sp³-hybridized carbons (Fsp3) is 0.818. The van der Waals surface area contributed by atoms with Gasteiger partial charge in [-0.3, -0.25) is 15.0 Å². The molecule has 0 saturated carbocycles. The summed E-state index contributed by atoms with van der Waals surface area (Å²) in [6.07, 6.45) is 0. The maximum atomic E-state index is 11.9. The molecule has 1 rings (SSSR count). The van der Waals surface area contributed by atoms with Crippen LogP contribution in [-0.4, -0.2) is 66.9 Å². The Morgan fingerprint density at radius 3 is 2.89 bits per heavy atom. The number of morpholine rings is 1. The van der Waals surface area contributed by atoms with Crippen molar-refractivity contribution in [1.82, 2.24) is 15.5 Å². The molecule has 1 fully saturated rings. The molecule has 0 aromatic heterocycles. The Kier molecular flexibility index (Phi) is 6.03. The molecular formula is C11H21N3O4. The van der Waals surface area contributed by atoms with E-state index in [1.165, 1.54) is 0 Å². The first kappa shape index (κ1) is 14.9. The summed E-state index contributed by atoms with van der Waals surface area (Å²) < 4.78 is 5.24. The van der Waals surface area contributed by atoms with Crippen LogP contribution >= 0.6 is 0 Å². The van der Waals surface area contributed by atoms with Crippen molar-refractivity contribution in [3.05, 3.63) is 0 Å². The van der Waals surface area contributed by atoms with Gasteiger partial charge in [-0.1, -0.05) is 0 Å². The van der Waals surface area contributed by atoms with Crippen LogP contribution in [0.15, 0.2) is 0 Å². The molecule has 0 aromatic rings. The normalized spacial score (nSPS) is 22.3. The number of urea groups is 1. The van der Waals surface area contributed by atoms with E-state index in [1.807, 2.05) is 4.90 Å². The average Bonchev–Trinajstić information content (AvgIpc) is 2.38. The predicted octanol–water partition coefficient (Wildman–Crippen LogP) is -1.09. The summed E-state index contributed by atoms with van der Waals surface area (Å²) in [7, 11) is 0. The van der Waals surface area contributed by atoms with Crippen LogP contribution in [0.1, 0.15) is 13.8 Å². The molecule has 7 heteroatoms. The number of aliphatic hydroxyl groups is 1. The molecule has 18 heavy (non-hydrogen) atoms. The second-order valence-electron chi connectivity index (χ2n) is 4.17. The summed E-state index contributed by atoms with van der Waals surface area (Å²) >= 11 is 0. The average molecular weight is 259 g/mol. The number of rotatable bonds is 4. The third kappa shape index (κ3) is 3.94. The molecule has 104 valence electrons. The molecule has 0 spiro atoms. The van der Waals surface area contributed by atoms with Crippen molar-refractivity contribution in [3.63, 3.8) is 0 Å². The number of nitrogens with zero attached hydrogens (tertiary/aromatic N) is 1. The van der Waals surface area contributed by atoms with Gasteiger partial charge in [0.15, 0.2) is 0 Å². The lowest BCUT2D eigenvalue weighted by atomic mass is 10.1. The molecule has 1 aliphatic rings. The summed E-state index contributed by atoms with van der Waals surface area (Å²) in [5, 5.41) is 14.0. The fourth-order valence-electron chi connectivity index (χ4n) is 1.91. The quantitative estimate of drug-likeness (QED) is 0.597. The van der Waals surface area contributed by atoms with Crippen LogP contribution in [0.5, 0.6) is 0 Å². The Bertz CT molecular complexity index is 298. The molecule has 7 nitrogen and oxygen atoms in total. The predicted molar refractivity (Wildman–Crippen MR) is 65.1 cm³/mol. The first-order valence-electron chi connectivity index (χ1n) is 6.13. The van der Waals surface area contributed by atoms with Crippen LogP contribution in [-0.2, 0) is 9.53 Å². The number of imide groups is 1. The largest absolute Gasteiger partial charge is 0.395 e. The standard InChI is InChI=1S/C11H21N3O4/c1-3-12-11(17)13-10(16)8(2)14-4-5-18-7-9(14)6-15/h8-9,15H,3-7H2,1-2H3,(H2,12,13,16,17). The topological polar surface area (TPSA) is 90.9 Å². The number of amides is 3. The van der Waals surface area contributed by atoms with Crippen LogP contribution in [0.25, 0.3) is 0 Å². The SMILES string of the molecule is CCNC(=O)NC(=O)C(C)N1CCOCC1CO. The minimum absolute atomic E-state index is 0.0707. The van der Waals surface area contributed by atoms with Gasteiger partial charge in [-0.05, 0) is 13.8 Å². The lowest BCUT2D eigenvalue weighted by Gasteiger charge is -2.37. The van der Waals surface area contributed by atoms with Gasteiger partial charge in [-0.15, -0.1) is 0 Å². The number of ether oxygens (including phenoxy) is 1. The third-order valence-corrected chi connectivity index (χ3v) is 2.93. The van der Waals surface area contributed by atoms with Gasteiger partial charge in [0, 0.05) is 13.1 Å². The highest BCUT2D eigenvalue weighted by Crippen LogP contribution is 2.10. The maximum Gasteiger partial charge on any atom is 0.321 e. The molecule has 2 atom stereocenters. The minimum atomic E-state index is -0.497. The van der Waals surface area contributed by atoms with Gasteiger partial charge >= 0.3 is 6.03 Å². The first-order valence-corrected chi connectivity index (χ1v) is 6.13. The molecule has 1 saturated heterocycles. The number of hydrogen-bond donors (Lipinski definition) is 3. The highest BCUT2D eigenvalue weighted by Gasteiger charge is 2.30. The summed E-state index contributed by atoms with van der Waals surface area (Å²) in [6.45, 7) is 5.36. The number of hydrogen-bond acceptors (Lipinski definition) is 5. The van der Waals surface area contributed by atoms with Crippen molar-refractivity contribution >= 4 is 11.9 Å². The van der Waals surface area contributed by atoms with E-state index in [4.69, 9.17) is 4.74 Å². The van der Waals surface area contributed by atoms with Crippen molar-refractivity contribution in [3.8, 4) is 0 Å². The monoisotopic (exact) mass is 259 g/mol. The number of carbonyl (C=O) groups is 2. The molecule has 0 radical (unpaired) electrons. The van der Waals surface area contributed by atoms with E-state index >= 15 is 0 Å². The van der Waals surface area contributed by atoms with Crippen LogP contribution in [0.2, 0.25) is 0 Å². The van der Waals surface area contributed by atoms with Crippen LogP contribution in [0.3, 0.4) is 0 Å². The smallest absolute Gasteiger partial charge is 0.321 e. The van der Waals surface area contributed by atoms with Crippen molar-refractivity contribution in [2.75, 3.05) is 32.9 Å². The van der Waals surface area contributed by atoms with Gasteiger partial charge in [0.2, 0.25) is 5.91 Å². The second-order valence-corrected chi connectivity index (χ2v) is 4.17. The summed E-state index contributed by atoms with van der Waals surface area (Å²) in [6, 6.07) is -1.18. The zero-order chi connectivity index (χ0) is 13.5. The van der Waals surface area contributed by atoms with E-state index in [-0.39, 0.29) is 18.6 Å². The minimum Gasteiger partial charge on any atom is -0.395 e. The molecule has 3 amide bonds. The molecule has 0 aliphatic carbocycles. The van der Waals surface area contributed by atoms with Crippen molar-refractivity contribution < 1.29 is 19.4 Å². The number of carbonyl (C=O) groups excluding carboxylic acids is 2. The molecular weight excluding hydrogens is 238 g/mol. The van der Waals surface area contributed by atoms with Gasteiger partial charge in [0.25, 0.3) is 0 Å². The van der Waals surface area contributed by atoms with Gasteiger partial charge in [-0.2, -0.15) is 0 Å². The third-order valence-electron chi connectivity index (χ3n) is 2.93. The number of aliphatic hydroxyl groups excluding tert-OH is 1. The number of nitrogens with one attached hydrogen (secondary N) is 2. The lowest BCUT2D eigenvalue weighted by molar-refractivity contribution is -0.129. The Balaban J connectivity index is 2.53. The zero-order valence-electron chi connectivity index (χ0n) is 10.8. The summed E-state index contributed by atoms with van der Waals surface area (Å²) in [5.41, 5.74) is 0. The van der Waals surface area contributed by atoms with Crippen LogP contribution < -0.4 is 10.6 Å². The van der Waals surface area contributed by atoms with Crippen molar-refractivity contribution in [1.29, 1.82) is 0 Å². The molecule has 1 heterocycles. The van der Waals surface area contributed by atoms with Crippen LogP contribution in [0.4, 0.5) is 4.79 Å². The Morgan fingerprint density at radius 1 is 1.56 bits per heavy atom. The fourth-order valence-corrected chi connectivity index (χ4v) is 1.91. The van der Waals surface area contributed by atoms with Gasteiger partial charge in [0.1, 0.15) is 0 Å². The highest BCUT2D eigenvalue weighted by atomic mass is 16.5.